The molecule has 0 aliphatic carbocycles. The van der Waals surface area contributed by atoms with E-state index in [1.165, 1.54) is 20.1 Å². The van der Waals surface area contributed by atoms with E-state index in [0.29, 0.717) is 17.3 Å². The van der Waals surface area contributed by atoms with Crippen molar-refractivity contribution in [3.05, 3.63) is 59.1 Å². The Hall–Kier alpha value is -2.25. The molecule has 1 amide bonds. The molecule has 8 heteroatoms. The number of amides is 1. The summed E-state index contributed by atoms with van der Waals surface area (Å²) in [7, 11) is -2.34. The lowest BCUT2D eigenvalue weighted by atomic mass is 10.0. The maximum Gasteiger partial charge on any atom is 0.243 e. The fraction of sp³-hybridized carbons (Fsp3) is 0.350. The van der Waals surface area contributed by atoms with Crippen LogP contribution in [0, 0.1) is 0 Å². The van der Waals surface area contributed by atoms with Gasteiger partial charge in [-0.25, -0.2) is 8.42 Å². The van der Waals surface area contributed by atoms with Crippen molar-refractivity contribution in [1.29, 1.82) is 0 Å². The number of nitrogens with zero attached hydrogens (tertiary/aromatic N) is 1. The Labute approximate surface area is 171 Å². The van der Waals surface area contributed by atoms with Gasteiger partial charge < -0.3 is 10.1 Å². The van der Waals surface area contributed by atoms with Crippen molar-refractivity contribution in [2.45, 2.75) is 25.8 Å². The highest BCUT2D eigenvalue weighted by Crippen LogP contribution is 2.34. The highest BCUT2D eigenvalue weighted by Gasteiger charge is 2.31. The first-order valence-electron chi connectivity index (χ1n) is 8.80. The molecule has 2 rings (SSSR count). The number of nitrogens with one attached hydrogen (secondary N) is 1. The summed E-state index contributed by atoms with van der Waals surface area (Å²) in [6.07, 6.45) is 1.05. The summed E-state index contributed by atoms with van der Waals surface area (Å²) in [6.45, 7) is 3.91. The second-order valence-electron chi connectivity index (χ2n) is 6.61. The van der Waals surface area contributed by atoms with Crippen LogP contribution in [0.3, 0.4) is 0 Å². The maximum atomic E-state index is 12.7. The van der Waals surface area contributed by atoms with Gasteiger partial charge in [-0.3, -0.25) is 9.10 Å². The van der Waals surface area contributed by atoms with Crippen LogP contribution in [0.4, 0.5) is 5.69 Å². The molecule has 0 spiro atoms. The third kappa shape index (κ3) is 5.39. The summed E-state index contributed by atoms with van der Waals surface area (Å²) in [5, 5.41) is 3.18. The Kier molecular flexibility index (Phi) is 7.32. The first kappa shape index (κ1) is 22.0. The molecule has 2 atom stereocenters. The van der Waals surface area contributed by atoms with Gasteiger partial charge in [-0.1, -0.05) is 48.9 Å². The van der Waals surface area contributed by atoms with Gasteiger partial charge >= 0.3 is 0 Å². The SMILES string of the molecule is COc1ccc(Cl)cc1N([C@H](C)C(=O)NC[C@@H](C)c1ccccc1)S(C)(=O)=O. The molecule has 0 bridgehead atoms. The Morgan fingerprint density at radius 2 is 1.82 bits per heavy atom. The molecule has 0 heterocycles. The van der Waals surface area contributed by atoms with Crippen molar-refractivity contribution in [3.63, 3.8) is 0 Å². The van der Waals surface area contributed by atoms with Crippen LogP contribution in [0.2, 0.25) is 5.02 Å². The summed E-state index contributed by atoms with van der Waals surface area (Å²) in [4.78, 5) is 12.7. The lowest BCUT2D eigenvalue weighted by molar-refractivity contribution is -0.121. The van der Waals surface area contributed by atoms with Crippen LogP contribution in [-0.4, -0.2) is 40.3 Å². The zero-order valence-electron chi connectivity index (χ0n) is 16.3. The number of carbonyl (C=O) groups excluding carboxylic acids is 1. The van der Waals surface area contributed by atoms with Gasteiger partial charge in [-0.15, -0.1) is 0 Å². The van der Waals surface area contributed by atoms with Crippen LogP contribution in [0.5, 0.6) is 5.75 Å². The zero-order valence-corrected chi connectivity index (χ0v) is 17.9. The number of anilines is 1. The van der Waals surface area contributed by atoms with E-state index in [-0.39, 0.29) is 11.6 Å². The van der Waals surface area contributed by atoms with E-state index < -0.39 is 22.0 Å². The van der Waals surface area contributed by atoms with E-state index in [2.05, 4.69) is 5.32 Å². The van der Waals surface area contributed by atoms with Crippen LogP contribution >= 0.6 is 11.6 Å². The zero-order chi connectivity index (χ0) is 20.9. The van der Waals surface area contributed by atoms with Gasteiger partial charge in [0, 0.05) is 11.6 Å². The average Bonchev–Trinajstić information content (AvgIpc) is 2.65. The van der Waals surface area contributed by atoms with Gasteiger partial charge in [0.25, 0.3) is 0 Å². The molecule has 0 aliphatic heterocycles. The van der Waals surface area contributed by atoms with Crippen LogP contribution < -0.4 is 14.4 Å². The normalized spacial score (nSPS) is 13.5. The minimum Gasteiger partial charge on any atom is -0.495 e. The molecule has 0 saturated heterocycles. The summed E-state index contributed by atoms with van der Waals surface area (Å²) >= 11 is 6.05. The fourth-order valence-corrected chi connectivity index (χ4v) is 4.25. The summed E-state index contributed by atoms with van der Waals surface area (Å²) in [6, 6.07) is 13.4. The minimum atomic E-state index is -3.77. The monoisotopic (exact) mass is 424 g/mol. The van der Waals surface area contributed by atoms with E-state index >= 15 is 0 Å². The molecule has 0 unspecified atom stereocenters. The minimum absolute atomic E-state index is 0.0877. The molecule has 152 valence electrons. The highest BCUT2D eigenvalue weighted by molar-refractivity contribution is 7.92. The number of carbonyl (C=O) groups is 1. The van der Waals surface area contributed by atoms with Crippen molar-refractivity contribution < 1.29 is 17.9 Å². The standard InChI is InChI=1S/C20H25ClN2O4S/c1-14(16-8-6-5-7-9-16)13-22-20(24)15(2)23(28(4,25)26)18-12-17(21)10-11-19(18)27-3/h5-12,14-15H,13H2,1-4H3,(H,22,24)/t14-,15-/m1/s1. The molecule has 2 aromatic rings. The molecule has 0 aliphatic rings. The van der Waals surface area contributed by atoms with Crippen molar-refractivity contribution in [2.24, 2.45) is 0 Å². The van der Waals surface area contributed by atoms with Gasteiger partial charge in [0.05, 0.1) is 19.1 Å². The Morgan fingerprint density at radius 1 is 1.18 bits per heavy atom. The largest absolute Gasteiger partial charge is 0.495 e. The summed E-state index contributed by atoms with van der Waals surface area (Å²) in [5.41, 5.74) is 1.31. The first-order valence-corrected chi connectivity index (χ1v) is 11.0. The lowest BCUT2D eigenvalue weighted by Gasteiger charge is -2.29. The Balaban J connectivity index is 2.23. The summed E-state index contributed by atoms with van der Waals surface area (Å²) < 4.78 is 31.2. The van der Waals surface area contributed by atoms with Crippen LogP contribution in [0.15, 0.2) is 48.5 Å². The molecular weight excluding hydrogens is 400 g/mol. The molecular formula is C20H25ClN2O4S. The quantitative estimate of drug-likeness (QED) is 0.704. The van der Waals surface area contributed by atoms with Crippen LogP contribution in [0.25, 0.3) is 0 Å². The first-order chi connectivity index (χ1) is 13.1. The number of rotatable bonds is 8. The van der Waals surface area contributed by atoms with E-state index in [1.807, 2.05) is 37.3 Å². The molecule has 6 nitrogen and oxygen atoms in total. The van der Waals surface area contributed by atoms with Crippen molar-refractivity contribution >= 4 is 33.2 Å². The van der Waals surface area contributed by atoms with E-state index in [1.54, 1.807) is 12.1 Å². The van der Waals surface area contributed by atoms with Gasteiger partial charge in [-0.2, -0.15) is 0 Å². The van der Waals surface area contributed by atoms with Crippen molar-refractivity contribution in [1.82, 2.24) is 5.32 Å². The lowest BCUT2D eigenvalue weighted by Crippen LogP contribution is -2.48. The second kappa shape index (κ2) is 9.30. The van der Waals surface area contributed by atoms with Crippen molar-refractivity contribution in [3.8, 4) is 5.75 Å². The number of hydrogen-bond acceptors (Lipinski definition) is 4. The topological polar surface area (TPSA) is 75.7 Å². The molecule has 0 radical (unpaired) electrons. The fourth-order valence-electron chi connectivity index (χ4n) is 2.92. The molecule has 0 fully saturated rings. The van der Waals surface area contributed by atoms with Gasteiger partial charge in [-0.05, 0) is 36.6 Å². The van der Waals surface area contributed by atoms with Gasteiger partial charge in [0.1, 0.15) is 11.8 Å². The number of halogens is 1. The number of benzene rings is 2. The van der Waals surface area contributed by atoms with Crippen LogP contribution in [0.1, 0.15) is 25.3 Å². The Bertz CT molecular complexity index is 919. The molecule has 28 heavy (non-hydrogen) atoms. The summed E-state index contributed by atoms with van der Waals surface area (Å²) in [5.74, 6) is -0.00731. The predicted octanol–water partition coefficient (Wildman–Crippen LogP) is 3.42. The van der Waals surface area contributed by atoms with E-state index in [0.717, 1.165) is 16.1 Å². The van der Waals surface area contributed by atoms with E-state index in [4.69, 9.17) is 16.3 Å². The Morgan fingerprint density at radius 3 is 2.39 bits per heavy atom. The number of ether oxygens (including phenoxy) is 1. The molecule has 1 N–H and O–H groups in total. The van der Waals surface area contributed by atoms with Gasteiger partial charge in [0.2, 0.25) is 15.9 Å². The van der Waals surface area contributed by atoms with Crippen molar-refractivity contribution in [2.75, 3.05) is 24.2 Å². The van der Waals surface area contributed by atoms with Crippen LogP contribution in [-0.2, 0) is 14.8 Å². The smallest absolute Gasteiger partial charge is 0.243 e. The molecule has 0 saturated carbocycles. The third-order valence-corrected chi connectivity index (χ3v) is 5.88. The second-order valence-corrected chi connectivity index (χ2v) is 8.90. The number of hydrogen-bond donors (Lipinski definition) is 1. The highest BCUT2D eigenvalue weighted by atomic mass is 35.5. The maximum absolute atomic E-state index is 12.7. The number of methoxy groups -OCH3 is 1. The molecule has 0 aromatic heterocycles. The average molecular weight is 425 g/mol. The van der Waals surface area contributed by atoms with Gasteiger partial charge in [0.15, 0.2) is 0 Å². The number of sulfonamides is 1. The predicted molar refractivity (Wildman–Crippen MR) is 113 cm³/mol. The van der Waals surface area contributed by atoms with E-state index in [9.17, 15) is 13.2 Å². The molecule has 2 aromatic carbocycles. The third-order valence-electron chi connectivity index (χ3n) is 4.42.